The van der Waals surface area contributed by atoms with Crippen LogP contribution in [0.25, 0.3) is 34.5 Å². The second-order valence-electron chi connectivity index (χ2n) is 8.57. The molecule has 0 amide bonds. The van der Waals surface area contributed by atoms with E-state index < -0.39 is 5.97 Å². The fourth-order valence-electron chi connectivity index (χ4n) is 3.91. The predicted octanol–water partition coefficient (Wildman–Crippen LogP) is 8.35. The molecule has 4 aromatic rings. The van der Waals surface area contributed by atoms with E-state index in [9.17, 15) is 4.79 Å². The Morgan fingerprint density at radius 2 is 1.68 bits per heavy atom. The van der Waals surface area contributed by atoms with E-state index in [1.54, 1.807) is 6.07 Å². The average molecular weight is 535 g/mol. The summed E-state index contributed by atoms with van der Waals surface area (Å²) < 4.78 is 7.79. The van der Waals surface area contributed by atoms with Crippen LogP contribution in [0, 0.1) is 0 Å². The average Bonchev–Trinajstić information content (AvgIpc) is 3.31. The number of aromatic nitrogens is 2. The zero-order chi connectivity index (χ0) is 26.2. The van der Waals surface area contributed by atoms with Crippen LogP contribution < -0.4 is 4.74 Å². The number of aliphatic carboxylic acids is 1. The lowest BCUT2D eigenvalue weighted by molar-refractivity contribution is -0.137. The molecule has 37 heavy (non-hydrogen) atoms. The maximum atomic E-state index is 10.6. The van der Waals surface area contributed by atoms with Gasteiger partial charge in [-0.1, -0.05) is 65.7 Å². The highest BCUT2D eigenvalue weighted by atomic mass is 35.5. The van der Waals surface area contributed by atoms with Crippen molar-refractivity contribution in [3.05, 3.63) is 94.4 Å². The molecule has 0 aliphatic carbocycles. The molecule has 0 bridgehead atoms. The summed E-state index contributed by atoms with van der Waals surface area (Å²) in [5.41, 5.74) is 4.94. The van der Waals surface area contributed by atoms with Crippen LogP contribution in [0.3, 0.4) is 0 Å². The molecule has 5 nitrogen and oxygen atoms in total. The van der Waals surface area contributed by atoms with Gasteiger partial charge in [-0.15, -0.1) is 0 Å². The van der Waals surface area contributed by atoms with Gasteiger partial charge in [0.15, 0.2) is 0 Å². The smallest absolute Gasteiger partial charge is 0.303 e. The van der Waals surface area contributed by atoms with Crippen molar-refractivity contribution in [3.63, 3.8) is 0 Å². The van der Waals surface area contributed by atoms with Crippen molar-refractivity contribution >= 4 is 41.3 Å². The van der Waals surface area contributed by atoms with Gasteiger partial charge < -0.3 is 14.4 Å². The SMILES string of the molecule is CCn1cc(-c2ccc(Cl)cc2Cl)nc1/C=C/c1ccc(-c2ccc(OCCCCC(=O)O)cc2)cc1. The van der Waals surface area contributed by atoms with Crippen LogP contribution >= 0.6 is 23.2 Å². The van der Waals surface area contributed by atoms with Gasteiger partial charge in [0.2, 0.25) is 0 Å². The Morgan fingerprint density at radius 3 is 2.32 bits per heavy atom. The molecule has 1 N–H and O–H groups in total. The summed E-state index contributed by atoms with van der Waals surface area (Å²) in [6.07, 6.45) is 7.57. The normalized spacial score (nSPS) is 11.2. The van der Waals surface area contributed by atoms with Gasteiger partial charge in [-0.05, 0) is 72.9 Å². The van der Waals surface area contributed by atoms with Crippen LogP contribution in [0.15, 0.2) is 72.9 Å². The van der Waals surface area contributed by atoms with E-state index >= 15 is 0 Å². The first-order valence-electron chi connectivity index (χ1n) is 12.2. The van der Waals surface area contributed by atoms with E-state index in [0.717, 1.165) is 52.5 Å². The number of aryl methyl sites for hydroxylation is 1. The second-order valence-corrected chi connectivity index (χ2v) is 9.42. The van der Waals surface area contributed by atoms with E-state index in [4.69, 9.17) is 38.0 Å². The number of carbonyl (C=O) groups is 1. The predicted molar refractivity (Wildman–Crippen MR) is 151 cm³/mol. The number of carboxylic acid groups (broad SMARTS) is 1. The summed E-state index contributed by atoms with van der Waals surface area (Å²) >= 11 is 12.4. The first-order chi connectivity index (χ1) is 17.9. The lowest BCUT2D eigenvalue weighted by Crippen LogP contribution is -2.00. The fourth-order valence-corrected chi connectivity index (χ4v) is 4.42. The van der Waals surface area contributed by atoms with Crippen LogP contribution in [0.2, 0.25) is 10.0 Å². The number of halogens is 2. The molecular weight excluding hydrogens is 507 g/mol. The maximum absolute atomic E-state index is 10.6. The summed E-state index contributed by atoms with van der Waals surface area (Å²) in [5.74, 6) is 0.863. The molecule has 0 radical (unpaired) electrons. The van der Waals surface area contributed by atoms with E-state index in [-0.39, 0.29) is 6.42 Å². The third kappa shape index (κ3) is 7.25. The number of ether oxygens (including phenoxy) is 1. The molecule has 190 valence electrons. The lowest BCUT2D eigenvalue weighted by atomic mass is 10.0. The Balaban J connectivity index is 1.39. The molecule has 0 aliphatic heterocycles. The van der Waals surface area contributed by atoms with E-state index in [1.807, 2.05) is 54.7 Å². The van der Waals surface area contributed by atoms with Crippen LogP contribution in [-0.4, -0.2) is 27.2 Å². The summed E-state index contributed by atoms with van der Waals surface area (Å²) in [7, 11) is 0. The fraction of sp³-hybridized carbons (Fsp3) is 0.200. The van der Waals surface area contributed by atoms with Gasteiger partial charge in [-0.3, -0.25) is 4.79 Å². The number of imidazole rings is 1. The van der Waals surface area contributed by atoms with Crippen LogP contribution in [0.4, 0.5) is 0 Å². The van der Waals surface area contributed by atoms with Crippen molar-refractivity contribution in [2.24, 2.45) is 0 Å². The highest BCUT2D eigenvalue weighted by molar-refractivity contribution is 6.36. The minimum Gasteiger partial charge on any atom is -0.494 e. The van der Waals surface area contributed by atoms with Gasteiger partial charge in [-0.2, -0.15) is 0 Å². The van der Waals surface area contributed by atoms with Crippen molar-refractivity contribution in [2.45, 2.75) is 32.7 Å². The molecular formula is C30H28Cl2N2O3. The molecule has 0 aliphatic rings. The van der Waals surface area contributed by atoms with Crippen molar-refractivity contribution in [3.8, 4) is 28.1 Å². The first kappa shape index (κ1) is 26.5. The van der Waals surface area contributed by atoms with Gasteiger partial charge in [-0.25, -0.2) is 4.98 Å². The van der Waals surface area contributed by atoms with Gasteiger partial charge in [0.1, 0.15) is 11.6 Å². The van der Waals surface area contributed by atoms with Gasteiger partial charge in [0.05, 0.1) is 17.3 Å². The summed E-state index contributed by atoms with van der Waals surface area (Å²) in [6.45, 7) is 3.38. The van der Waals surface area contributed by atoms with E-state index in [2.05, 4.69) is 35.8 Å². The van der Waals surface area contributed by atoms with Crippen molar-refractivity contribution in [1.29, 1.82) is 0 Å². The Kier molecular flexibility index (Phi) is 9.04. The van der Waals surface area contributed by atoms with E-state index in [1.165, 1.54) is 0 Å². The molecule has 0 saturated heterocycles. The second kappa shape index (κ2) is 12.6. The molecule has 0 fully saturated rings. The maximum Gasteiger partial charge on any atom is 0.303 e. The number of hydrogen-bond acceptors (Lipinski definition) is 3. The van der Waals surface area contributed by atoms with E-state index in [0.29, 0.717) is 23.1 Å². The third-order valence-electron chi connectivity index (χ3n) is 5.93. The summed E-state index contributed by atoms with van der Waals surface area (Å²) in [5, 5.41) is 9.87. The van der Waals surface area contributed by atoms with Crippen LogP contribution in [0.5, 0.6) is 5.75 Å². The lowest BCUT2D eigenvalue weighted by Gasteiger charge is -2.07. The molecule has 7 heteroatoms. The highest BCUT2D eigenvalue weighted by Crippen LogP contribution is 2.30. The monoisotopic (exact) mass is 534 g/mol. The molecule has 1 aromatic heterocycles. The summed E-state index contributed by atoms with van der Waals surface area (Å²) in [4.78, 5) is 15.3. The summed E-state index contributed by atoms with van der Waals surface area (Å²) in [6, 6.07) is 21.7. The molecule has 0 atom stereocenters. The largest absolute Gasteiger partial charge is 0.494 e. The number of rotatable bonds is 11. The number of carboxylic acids is 1. The van der Waals surface area contributed by atoms with Crippen molar-refractivity contribution in [2.75, 3.05) is 6.61 Å². The van der Waals surface area contributed by atoms with Crippen LogP contribution in [-0.2, 0) is 11.3 Å². The highest BCUT2D eigenvalue weighted by Gasteiger charge is 2.10. The number of unbranched alkanes of at least 4 members (excludes halogenated alkanes) is 1. The topological polar surface area (TPSA) is 64.4 Å². The zero-order valence-electron chi connectivity index (χ0n) is 20.5. The molecule has 4 rings (SSSR count). The Hall–Kier alpha value is -3.54. The number of hydrogen-bond donors (Lipinski definition) is 1. The molecule has 0 spiro atoms. The minimum atomic E-state index is -0.772. The minimum absolute atomic E-state index is 0.175. The quantitative estimate of drug-likeness (QED) is 0.196. The molecule has 0 unspecified atom stereocenters. The van der Waals surface area contributed by atoms with Crippen LogP contribution in [0.1, 0.15) is 37.6 Å². The Labute approximate surface area is 227 Å². The number of nitrogens with zero attached hydrogens (tertiary/aromatic N) is 2. The molecule has 3 aromatic carbocycles. The molecule has 0 saturated carbocycles. The van der Waals surface area contributed by atoms with Gasteiger partial charge in [0, 0.05) is 29.7 Å². The van der Waals surface area contributed by atoms with Crippen molar-refractivity contribution < 1.29 is 14.6 Å². The third-order valence-corrected chi connectivity index (χ3v) is 6.48. The first-order valence-corrected chi connectivity index (χ1v) is 12.9. The number of benzene rings is 3. The standard InChI is InChI=1S/C30H28Cl2N2O3/c1-2-34-20-28(26-16-13-24(31)19-27(26)32)33-29(34)17-8-21-6-9-22(10-7-21)23-11-14-25(15-12-23)37-18-4-3-5-30(35)36/h6-17,19-20H,2-5,18H2,1H3,(H,35,36)/b17-8+. The van der Waals surface area contributed by atoms with Gasteiger partial charge >= 0.3 is 5.97 Å². The van der Waals surface area contributed by atoms with Crippen molar-refractivity contribution in [1.82, 2.24) is 9.55 Å². The molecule has 1 heterocycles. The Bertz CT molecular complexity index is 1380. The van der Waals surface area contributed by atoms with Gasteiger partial charge in [0.25, 0.3) is 0 Å². The Morgan fingerprint density at radius 1 is 0.973 bits per heavy atom. The zero-order valence-corrected chi connectivity index (χ0v) is 22.0.